The van der Waals surface area contributed by atoms with Crippen molar-refractivity contribution >= 4 is 11.8 Å². The topological polar surface area (TPSA) is 116 Å². The van der Waals surface area contributed by atoms with E-state index in [1.54, 1.807) is 0 Å². The van der Waals surface area contributed by atoms with E-state index in [2.05, 4.69) is 32.3 Å². The standard InChI is InChI=1S/C21H38N6O3/c28-17(10-11-18-24-19(27-30-18)14-6-2-1-3-7-14)22-12-13-23-20-15-8-4-5-9-16(15)21(29)26-25-20/h14-16,18-20,23-25,27H,1-13H2,(H,22,28)(H,26,29). The number of nitrogens with one attached hydrogen (secondary N) is 6. The van der Waals surface area contributed by atoms with Crippen LogP contribution in [-0.4, -0.2) is 43.5 Å². The number of hydrogen-bond donors (Lipinski definition) is 6. The summed E-state index contributed by atoms with van der Waals surface area (Å²) in [5, 5.41) is 9.92. The van der Waals surface area contributed by atoms with Gasteiger partial charge in [0.1, 0.15) is 6.23 Å². The van der Waals surface area contributed by atoms with E-state index in [1.807, 2.05) is 0 Å². The Kier molecular flexibility index (Phi) is 7.95. The SMILES string of the molecule is O=C(CCC1NC(C2CCCCC2)NO1)NCCNC1NNC(=O)C2CCCCC12. The molecule has 0 aromatic heterocycles. The third-order valence-electron chi connectivity index (χ3n) is 7.20. The van der Waals surface area contributed by atoms with Crippen LogP contribution >= 0.6 is 0 Å². The van der Waals surface area contributed by atoms with Crippen LogP contribution in [-0.2, 0) is 14.4 Å². The van der Waals surface area contributed by atoms with E-state index in [-0.39, 0.29) is 36.3 Å². The number of carbonyl (C=O) groups is 2. The lowest BCUT2D eigenvalue weighted by Crippen LogP contribution is -2.64. The molecule has 9 nitrogen and oxygen atoms in total. The molecule has 6 N–H and O–H groups in total. The molecule has 30 heavy (non-hydrogen) atoms. The molecule has 2 aliphatic heterocycles. The molecule has 0 bridgehead atoms. The Balaban J connectivity index is 1.08. The fourth-order valence-corrected chi connectivity index (χ4v) is 5.48. The minimum Gasteiger partial charge on any atom is -0.355 e. The summed E-state index contributed by atoms with van der Waals surface area (Å²) < 4.78 is 0. The van der Waals surface area contributed by atoms with Gasteiger partial charge in [-0.15, -0.1) is 0 Å². The van der Waals surface area contributed by atoms with Crippen LogP contribution in [0, 0.1) is 17.8 Å². The lowest BCUT2D eigenvalue weighted by molar-refractivity contribution is -0.134. The lowest BCUT2D eigenvalue weighted by Gasteiger charge is -2.41. The van der Waals surface area contributed by atoms with Gasteiger partial charge in [0.15, 0.2) is 0 Å². The molecule has 5 unspecified atom stereocenters. The monoisotopic (exact) mass is 422 g/mol. The number of rotatable bonds is 8. The van der Waals surface area contributed by atoms with E-state index < -0.39 is 0 Å². The highest BCUT2D eigenvalue weighted by Crippen LogP contribution is 2.33. The zero-order valence-electron chi connectivity index (χ0n) is 17.9. The van der Waals surface area contributed by atoms with Crippen molar-refractivity contribution in [1.82, 2.24) is 32.3 Å². The van der Waals surface area contributed by atoms with Gasteiger partial charge in [0.25, 0.3) is 0 Å². The van der Waals surface area contributed by atoms with Gasteiger partial charge >= 0.3 is 0 Å². The van der Waals surface area contributed by atoms with Gasteiger partial charge in [0.2, 0.25) is 11.8 Å². The highest BCUT2D eigenvalue weighted by molar-refractivity contribution is 5.79. The lowest BCUT2D eigenvalue weighted by atomic mass is 9.76. The van der Waals surface area contributed by atoms with E-state index in [9.17, 15) is 9.59 Å². The average Bonchev–Trinajstić information content (AvgIpc) is 3.27. The highest BCUT2D eigenvalue weighted by atomic mass is 16.7. The Labute approximate surface area is 179 Å². The van der Waals surface area contributed by atoms with Crippen LogP contribution in [0.2, 0.25) is 0 Å². The molecule has 2 saturated carbocycles. The summed E-state index contributed by atoms with van der Waals surface area (Å²) in [6.07, 6.45) is 12.1. The maximum absolute atomic E-state index is 12.2. The average molecular weight is 423 g/mol. The van der Waals surface area contributed by atoms with Crippen molar-refractivity contribution in [3.8, 4) is 0 Å². The number of fused-ring (bicyclic) bond motifs is 1. The molecule has 0 radical (unpaired) electrons. The van der Waals surface area contributed by atoms with Crippen molar-refractivity contribution < 1.29 is 14.4 Å². The molecule has 0 aromatic carbocycles. The summed E-state index contributed by atoms with van der Waals surface area (Å²) in [5.41, 5.74) is 9.01. The van der Waals surface area contributed by atoms with E-state index in [4.69, 9.17) is 4.84 Å². The Morgan fingerprint density at radius 1 is 1.03 bits per heavy atom. The van der Waals surface area contributed by atoms with Crippen molar-refractivity contribution in [2.45, 2.75) is 89.2 Å². The fourth-order valence-electron chi connectivity index (χ4n) is 5.48. The van der Waals surface area contributed by atoms with Crippen LogP contribution in [0.15, 0.2) is 0 Å². The normalized spacial score (nSPS) is 34.9. The summed E-state index contributed by atoms with van der Waals surface area (Å²) in [7, 11) is 0. The number of hydrogen-bond acceptors (Lipinski definition) is 7. The molecule has 170 valence electrons. The van der Waals surface area contributed by atoms with Crippen LogP contribution < -0.4 is 32.3 Å². The molecule has 5 atom stereocenters. The first-order valence-corrected chi connectivity index (χ1v) is 11.9. The summed E-state index contributed by atoms with van der Waals surface area (Å²) in [4.78, 5) is 29.8. The predicted octanol–water partition coefficient (Wildman–Crippen LogP) is 0.596. The van der Waals surface area contributed by atoms with Gasteiger partial charge in [-0.25, -0.2) is 5.43 Å². The van der Waals surface area contributed by atoms with Crippen LogP contribution in [0.1, 0.15) is 70.6 Å². The fraction of sp³-hybridized carbons (Fsp3) is 0.905. The Hall–Kier alpha value is -1.26. The molecule has 4 rings (SSSR count). The molecule has 9 heteroatoms. The first-order valence-electron chi connectivity index (χ1n) is 11.9. The number of hydroxylamine groups is 1. The van der Waals surface area contributed by atoms with E-state index in [1.165, 1.54) is 38.5 Å². The van der Waals surface area contributed by atoms with Crippen molar-refractivity contribution in [3.05, 3.63) is 0 Å². The second-order valence-electron chi connectivity index (χ2n) is 9.28. The zero-order valence-corrected chi connectivity index (χ0v) is 17.9. The van der Waals surface area contributed by atoms with Gasteiger partial charge in [-0.1, -0.05) is 32.1 Å². The Morgan fingerprint density at radius 3 is 2.70 bits per heavy atom. The first-order chi connectivity index (χ1) is 14.7. The smallest absolute Gasteiger partial charge is 0.237 e. The van der Waals surface area contributed by atoms with Gasteiger partial charge in [-0.05, 0) is 38.0 Å². The maximum Gasteiger partial charge on any atom is 0.237 e. The molecular formula is C21H38N6O3. The Bertz CT molecular complexity index is 585. The van der Waals surface area contributed by atoms with Gasteiger partial charge in [0, 0.05) is 31.3 Å². The summed E-state index contributed by atoms with van der Waals surface area (Å²) in [6, 6.07) is 0. The van der Waals surface area contributed by atoms with Crippen LogP contribution in [0.25, 0.3) is 0 Å². The van der Waals surface area contributed by atoms with Crippen LogP contribution in [0.5, 0.6) is 0 Å². The van der Waals surface area contributed by atoms with Crippen molar-refractivity contribution in [2.75, 3.05) is 13.1 Å². The predicted molar refractivity (Wildman–Crippen MR) is 112 cm³/mol. The summed E-state index contributed by atoms with van der Waals surface area (Å²) >= 11 is 0. The van der Waals surface area contributed by atoms with Gasteiger partial charge in [0.05, 0.1) is 12.3 Å². The van der Waals surface area contributed by atoms with Crippen molar-refractivity contribution in [2.24, 2.45) is 17.8 Å². The second-order valence-corrected chi connectivity index (χ2v) is 9.28. The quantitative estimate of drug-likeness (QED) is 0.317. The molecule has 2 aliphatic carbocycles. The summed E-state index contributed by atoms with van der Waals surface area (Å²) in [5.74, 6) is 1.24. The third kappa shape index (κ3) is 5.70. The van der Waals surface area contributed by atoms with Gasteiger partial charge < -0.3 is 5.32 Å². The molecule has 2 heterocycles. The number of carbonyl (C=O) groups excluding carboxylic acids is 2. The highest BCUT2D eigenvalue weighted by Gasteiger charge is 2.39. The molecule has 0 spiro atoms. The van der Waals surface area contributed by atoms with Gasteiger partial charge in [-0.3, -0.25) is 30.5 Å². The molecule has 2 amide bonds. The second kappa shape index (κ2) is 10.9. The zero-order chi connectivity index (χ0) is 20.8. The minimum atomic E-state index is -0.0981. The van der Waals surface area contributed by atoms with E-state index >= 15 is 0 Å². The van der Waals surface area contributed by atoms with Crippen LogP contribution in [0.3, 0.4) is 0 Å². The van der Waals surface area contributed by atoms with Crippen LogP contribution in [0.4, 0.5) is 0 Å². The largest absolute Gasteiger partial charge is 0.355 e. The molecule has 0 aromatic rings. The number of hydrazine groups is 1. The number of amides is 2. The van der Waals surface area contributed by atoms with E-state index in [0.717, 1.165) is 19.3 Å². The molecule has 4 fully saturated rings. The molecule has 4 aliphatic rings. The maximum atomic E-state index is 12.2. The first kappa shape index (κ1) is 22.0. The van der Waals surface area contributed by atoms with Crippen molar-refractivity contribution in [3.63, 3.8) is 0 Å². The summed E-state index contributed by atoms with van der Waals surface area (Å²) in [6.45, 7) is 1.25. The Morgan fingerprint density at radius 2 is 1.83 bits per heavy atom. The minimum absolute atomic E-state index is 0.0452. The van der Waals surface area contributed by atoms with Gasteiger partial charge in [-0.2, -0.15) is 5.48 Å². The van der Waals surface area contributed by atoms with E-state index in [0.29, 0.717) is 37.8 Å². The molecule has 2 saturated heterocycles. The third-order valence-corrected chi connectivity index (χ3v) is 7.20. The van der Waals surface area contributed by atoms with Crippen molar-refractivity contribution in [1.29, 1.82) is 0 Å². The molecular weight excluding hydrogens is 384 g/mol.